The summed E-state index contributed by atoms with van der Waals surface area (Å²) in [6.45, 7) is 2.02. The summed E-state index contributed by atoms with van der Waals surface area (Å²) >= 11 is 0. The molecule has 1 aliphatic rings. The third kappa shape index (κ3) is 0.986. The highest BCUT2D eigenvalue weighted by molar-refractivity contribution is 6.33. The predicted octanol–water partition coefficient (Wildman–Crippen LogP) is 0.768. The molecule has 0 bridgehead atoms. The van der Waals surface area contributed by atoms with Gasteiger partial charge in [0.2, 0.25) is 0 Å². The molecule has 12 heavy (non-hydrogen) atoms. The summed E-state index contributed by atoms with van der Waals surface area (Å²) < 4.78 is 0. The van der Waals surface area contributed by atoms with Crippen LogP contribution in [-0.4, -0.2) is 13.0 Å². The minimum atomic E-state index is -0.265. The largest absolute Gasteiger partial charge is 0.388 e. The molecule has 1 aromatic rings. The van der Waals surface area contributed by atoms with Gasteiger partial charge in [-0.15, -0.1) is 0 Å². The fourth-order valence-electron chi connectivity index (χ4n) is 1.88. The van der Waals surface area contributed by atoms with E-state index in [-0.39, 0.29) is 6.10 Å². The SMILES string of the molecule is [B]c1ccc2c(c1C)CC[C@H]2O. The molecule has 1 aliphatic carbocycles. The summed E-state index contributed by atoms with van der Waals surface area (Å²) in [6.07, 6.45) is 1.55. The Morgan fingerprint density at radius 2 is 2.25 bits per heavy atom. The molecule has 0 saturated carbocycles. The van der Waals surface area contributed by atoms with Crippen LogP contribution in [0.3, 0.4) is 0 Å². The van der Waals surface area contributed by atoms with E-state index in [0.29, 0.717) is 0 Å². The first-order valence-corrected chi connectivity index (χ1v) is 4.26. The monoisotopic (exact) mass is 158 g/mol. The van der Waals surface area contributed by atoms with Crippen molar-refractivity contribution in [1.29, 1.82) is 0 Å². The molecule has 0 spiro atoms. The number of hydrogen-bond acceptors (Lipinski definition) is 1. The van der Waals surface area contributed by atoms with E-state index in [1.165, 1.54) is 5.56 Å². The maximum atomic E-state index is 9.56. The highest BCUT2D eigenvalue weighted by Crippen LogP contribution is 2.31. The van der Waals surface area contributed by atoms with E-state index in [4.69, 9.17) is 7.85 Å². The molecule has 0 fully saturated rings. The van der Waals surface area contributed by atoms with Gasteiger partial charge in [-0.05, 0) is 30.9 Å². The van der Waals surface area contributed by atoms with Crippen LogP contribution in [0.2, 0.25) is 0 Å². The number of aliphatic hydroxyl groups excluding tert-OH is 1. The van der Waals surface area contributed by atoms with Crippen molar-refractivity contribution in [2.45, 2.75) is 25.9 Å². The van der Waals surface area contributed by atoms with E-state index in [1.54, 1.807) is 0 Å². The molecule has 0 aliphatic heterocycles. The molecule has 0 unspecified atom stereocenters. The van der Waals surface area contributed by atoms with Gasteiger partial charge >= 0.3 is 0 Å². The van der Waals surface area contributed by atoms with E-state index in [0.717, 1.165) is 29.4 Å². The van der Waals surface area contributed by atoms with Crippen LogP contribution in [0, 0.1) is 6.92 Å². The molecular weight excluding hydrogens is 147 g/mol. The molecule has 60 valence electrons. The summed E-state index contributed by atoms with van der Waals surface area (Å²) in [5.41, 5.74) is 4.30. The van der Waals surface area contributed by atoms with Crippen LogP contribution in [-0.2, 0) is 6.42 Å². The van der Waals surface area contributed by atoms with Crippen LogP contribution in [0.4, 0.5) is 0 Å². The molecular formula is C10H11BO. The third-order valence-electron chi connectivity index (χ3n) is 2.70. The quantitative estimate of drug-likeness (QED) is 0.553. The van der Waals surface area contributed by atoms with Gasteiger partial charge < -0.3 is 5.11 Å². The maximum Gasteiger partial charge on any atom is 0.114 e. The van der Waals surface area contributed by atoms with E-state index >= 15 is 0 Å². The Balaban J connectivity index is 2.60. The average molecular weight is 158 g/mol. The first-order valence-electron chi connectivity index (χ1n) is 4.26. The molecule has 1 nitrogen and oxygen atoms in total. The van der Waals surface area contributed by atoms with E-state index in [9.17, 15) is 5.11 Å². The highest BCUT2D eigenvalue weighted by Gasteiger charge is 2.21. The van der Waals surface area contributed by atoms with Crippen LogP contribution in [0.1, 0.15) is 29.2 Å². The number of fused-ring (bicyclic) bond motifs is 1. The zero-order chi connectivity index (χ0) is 8.72. The molecule has 1 N–H and O–H groups in total. The zero-order valence-corrected chi connectivity index (χ0v) is 7.17. The third-order valence-corrected chi connectivity index (χ3v) is 2.70. The van der Waals surface area contributed by atoms with Crippen molar-refractivity contribution < 1.29 is 5.11 Å². The van der Waals surface area contributed by atoms with Gasteiger partial charge in [0.25, 0.3) is 0 Å². The molecule has 2 radical (unpaired) electrons. The lowest BCUT2D eigenvalue weighted by Gasteiger charge is -2.08. The number of aliphatic hydroxyl groups is 1. The maximum absolute atomic E-state index is 9.56. The molecule has 0 amide bonds. The smallest absolute Gasteiger partial charge is 0.114 e. The summed E-state index contributed by atoms with van der Waals surface area (Å²) in [4.78, 5) is 0. The fourth-order valence-corrected chi connectivity index (χ4v) is 1.88. The Morgan fingerprint density at radius 3 is 3.00 bits per heavy atom. The molecule has 2 heteroatoms. The van der Waals surface area contributed by atoms with Crippen molar-refractivity contribution in [3.63, 3.8) is 0 Å². The summed E-state index contributed by atoms with van der Waals surface area (Å²) in [5.74, 6) is 0. The lowest BCUT2D eigenvalue weighted by molar-refractivity contribution is 0.180. The van der Waals surface area contributed by atoms with Crippen molar-refractivity contribution in [3.8, 4) is 0 Å². The van der Waals surface area contributed by atoms with Crippen LogP contribution >= 0.6 is 0 Å². The molecule has 2 rings (SSSR count). The van der Waals surface area contributed by atoms with Gasteiger partial charge in [0.15, 0.2) is 0 Å². The topological polar surface area (TPSA) is 20.2 Å². The minimum Gasteiger partial charge on any atom is -0.388 e. The van der Waals surface area contributed by atoms with Crippen LogP contribution in [0.25, 0.3) is 0 Å². The van der Waals surface area contributed by atoms with Gasteiger partial charge in [-0.3, -0.25) is 0 Å². The molecule has 0 heterocycles. The number of benzene rings is 1. The standard InChI is InChI=1S/C10H11BO/c1-6-7-3-5-10(12)8(7)2-4-9(6)11/h2,4,10,12H,3,5H2,1H3/t10-/m1/s1. The second-order valence-electron chi connectivity index (χ2n) is 3.40. The van der Waals surface area contributed by atoms with Crippen molar-refractivity contribution >= 4 is 13.3 Å². The van der Waals surface area contributed by atoms with Gasteiger partial charge in [-0.25, -0.2) is 0 Å². The lowest BCUT2D eigenvalue weighted by Crippen LogP contribution is -2.10. The van der Waals surface area contributed by atoms with Crippen molar-refractivity contribution in [2.75, 3.05) is 0 Å². The Hall–Kier alpha value is -0.755. The van der Waals surface area contributed by atoms with Crippen molar-refractivity contribution in [2.24, 2.45) is 0 Å². The second kappa shape index (κ2) is 2.63. The summed E-state index contributed by atoms with van der Waals surface area (Å²) in [5, 5.41) is 9.56. The van der Waals surface area contributed by atoms with E-state index < -0.39 is 0 Å². The van der Waals surface area contributed by atoms with Crippen LogP contribution in [0.5, 0.6) is 0 Å². The van der Waals surface area contributed by atoms with Crippen molar-refractivity contribution in [1.82, 2.24) is 0 Å². The van der Waals surface area contributed by atoms with Crippen LogP contribution in [0.15, 0.2) is 12.1 Å². The molecule has 0 aromatic heterocycles. The number of rotatable bonds is 0. The normalized spacial score (nSPS) is 21.0. The first-order chi connectivity index (χ1) is 5.70. The Bertz CT molecular complexity index is 320. The highest BCUT2D eigenvalue weighted by atomic mass is 16.3. The zero-order valence-electron chi connectivity index (χ0n) is 7.17. The Morgan fingerprint density at radius 1 is 1.50 bits per heavy atom. The Kier molecular flexibility index (Phi) is 1.73. The molecule has 0 saturated heterocycles. The second-order valence-corrected chi connectivity index (χ2v) is 3.40. The van der Waals surface area contributed by atoms with Gasteiger partial charge in [0.05, 0.1) is 6.10 Å². The van der Waals surface area contributed by atoms with Gasteiger partial charge in [0.1, 0.15) is 7.85 Å². The van der Waals surface area contributed by atoms with Gasteiger partial charge in [0, 0.05) is 0 Å². The van der Waals surface area contributed by atoms with E-state index in [2.05, 4.69) is 0 Å². The average Bonchev–Trinajstić information content (AvgIpc) is 2.41. The van der Waals surface area contributed by atoms with Crippen LogP contribution < -0.4 is 5.46 Å². The lowest BCUT2D eigenvalue weighted by atomic mass is 9.87. The van der Waals surface area contributed by atoms with Crippen molar-refractivity contribution in [3.05, 3.63) is 28.8 Å². The van der Waals surface area contributed by atoms with Gasteiger partial charge in [-0.1, -0.05) is 23.2 Å². The Labute approximate surface area is 73.8 Å². The van der Waals surface area contributed by atoms with Gasteiger partial charge in [-0.2, -0.15) is 0 Å². The first kappa shape index (κ1) is 7.87. The summed E-state index contributed by atoms with van der Waals surface area (Å²) in [6, 6.07) is 3.82. The molecule has 1 atom stereocenters. The predicted molar refractivity (Wildman–Crippen MR) is 49.8 cm³/mol. The summed E-state index contributed by atoms with van der Waals surface area (Å²) in [7, 11) is 5.76. The fraction of sp³-hybridized carbons (Fsp3) is 0.400. The number of hydrogen-bond donors (Lipinski definition) is 1. The van der Waals surface area contributed by atoms with E-state index in [1.807, 2.05) is 19.1 Å². The minimum absolute atomic E-state index is 0.265. The molecule has 1 aromatic carbocycles.